The monoisotopic (exact) mass is 425 g/mol. The average Bonchev–Trinajstić information content (AvgIpc) is 2.74. The van der Waals surface area contributed by atoms with E-state index in [0.717, 1.165) is 16.8 Å². The number of rotatable bonds is 7. The zero-order valence-corrected chi connectivity index (χ0v) is 17.3. The second-order valence-electron chi connectivity index (χ2n) is 6.02. The highest BCUT2D eigenvalue weighted by molar-refractivity contribution is 7.80. The number of hydrazone groups is 1. The summed E-state index contributed by atoms with van der Waals surface area (Å²) in [5.74, 6) is 1.27. The molecule has 0 aliphatic rings. The van der Waals surface area contributed by atoms with E-state index in [2.05, 4.69) is 15.8 Å². The van der Waals surface area contributed by atoms with Gasteiger partial charge >= 0.3 is 0 Å². The Kier molecular flexibility index (Phi) is 7.44. The molecule has 0 amide bonds. The number of nitrogens with zero attached hydrogens (tertiary/aromatic N) is 1. The standard InChI is InChI=1S/C22H20ClN3O2S/c1-27-20-12-9-17(13-21(20)28-15-16-7-10-18(23)11-8-16)14-24-26-22(29)25-19-5-3-2-4-6-19/h2-14H,15H2,1H3,(H2,25,26,29)/b24-14+. The SMILES string of the molecule is COc1ccc(/C=N/NC(=S)Nc2ccccc2)cc1OCc1ccc(Cl)cc1. The lowest BCUT2D eigenvalue weighted by Gasteiger charge is -2.11. The number of halogens is 1. The van der Waals surface area contributed by atoms with Gasteiger partial charge in [-0.15, -0.1) is 0 Å². The first-order chi connectivity index (χ1) is 14.1. The zero-order valence-electron chi connectivity index (χ0n) is 15.8. The Bertz CT molecular complexity index is 979. The van der Waals surface area contributed by atoms with Gasteiger partial charge < -0.3 is 14.8 Å². The second-order valence-corrected chi connectivity index (χ2v) is 6.86. The van der Waals surface area contributed by atoms with E-state index in [1.54, 1.807) is 13.3 Å². The Morgan fingerprint density at radius 1 is 1.03 bits per heavy atom. The van der Waals surface area contributed by atoms with Crippen LogP contribution in [0.3, 0.4) is 0 Å². The van der Waals surface area contributed by atoms with Crippen molar-refractivity contribution in [3.63, 3.8) is 0 Å². The van der Waals surface area contributed by atoms with E-state index in [-0.39, 0.29) is 0 Å². The molecule has 0 bridgehead atoms. The molecule has 29 heavy (non-hydrogen) atoms. The van der Waals surface area contributed by atoms with Crippen LogP contribution in [0.25, 0.3) is 0 Å². The van der Waals surface area contributed by atoms with E-state index in [1.165, 1.54) is 0 Å². The van der Waals surface area contributed by atoms with Gasteiger partial charge in [-0.05, 0) is 65.8 Å². The first-order valence-corrected chi connectivity index (χ1v) is 9.63. The fourth-order valence-electron chi connectivity index (χ4n) is 2.47. The average molecular weight is 426 g/mol. The van der Waals surface area contributed by atoms with Crippen LogP contribution in [-0.2, 0) is 6.61 Å². The molecule has 3 aromatic carbocycles. The van der Waals surface area contributed by atoms with Crippen LogP contribution in [0, 0.1) is 0 Å². The normalized spacial score (nSPS) is 10.6. The van der Waals surface area contributed by atoms with Gasteiger partial charge in [-0.2, -0.15) is 5.10 Å². The summed E-state index contributed by atoms with van der Waals surface area (Å²) in [6.45, 7) is 0.400. The molecule has 0 saturated heterocycles. The van der Waals surface area contributed by atoms with E-state index in [4.69, 9.17) is 33.3 Å². The first-order valence-electron chi connectivity index (χ1n) is 8.84. The molecule has 0 atom stereocenters. The molecule has 2 N–H and O–H groups in total. The van der Waals surface area contributed by atoms with Crippen LogP contribution < -0.4 is 20.2 Å². The van der Waals surface area contributed by atoms with E-state index in [0.29, 0.717) is 28.2 Å². The van der Waals surface area contributed by atoms with Crippen molar-refractivity contribution in [1.29, 1.82) is 0 Å². The summed E-state index contributed by atoms with van der Waals surface area (Å²) in [6.07, 6.45) is 1.66. The molecule has 0 saturated carbocycles. The van der Waals surface area contributed by atoms with Crippen molar-refractivity contribution in [2.75, 3.05) is 12.4 Å². The van der Waals surface area contributed by atoms with Crippen LogP contribution >= 0.6 is 23.8 Å². The van der Waals surface area contributed by atoms with Crippen LogP contribution in [0.1, 0.15) is 11.1 Å². The van der Waals surface area contributed by atoms with E-state index >= 15 is 0 Å². The molecule has 0 spiro atoms. The number of thiocarbonyl (C=S) groups is 1. The summed E-state index contributed by atoms with van der Waals surface area (Å²) >= 11 is 11.1. The number of hydrogen-bond acceptors (Lipinski definition) is 4. The van der Waals surface area contributed by atoms with Gasteiger partial charge in [0.25, 0.3) is 0 Å². The lowest BCUT2D eigenvalue weighted by molar-refractivity contribution is 0.284. The largest absolute Gasteiger partial charge is 0.493 e. The van der Waals surface area contributed by atoms with Crippen LogP contribution in [0.4, 0.5) is 5.69 Å². The van der Waals surface area contributed by atoms with Crippen molar-refractivity contribution in [1.82, 2.24) is 5.43 Å². The molecule has 0 fully saturated rings. The highest BCUT2D eigenvalue weighted by Gasteiger charge is 2.06. The minimum Gasteiger partial charge on any atom is -0.493 e. The number of nitrogens with one attached hydrogen (secondary N) is 2. The van der Waals surface area contributed by atoms with E-state index in [9.17, 15) is 0 Å². The molecule has 0 radical (unpaired) electrons. The topological polar surface area (TPSA) is 54.9 Å². The highest BCUT2D eigenvalue weighted by Crippen LogP contribution is 2.28. The summed E-state index contributed by atoms with van der Waals surface area (Å²) in [4.78, 5) is 0. The fourth-order valence-corrected chi connectivity index (χ4v) is 2.77. The molecular weight excluding hydrogens is 406 g/mol. The summed E-state index contributed by atoms with van der Waals surface area (Å²) in [5, 5.41) is 8.32. The second kappa shape index (κ2) is 10.5. The van der Waals surface area contributed by atoms with Gasteiger partial charge in [-0.3, -0.25) is 5.43 Å². The minimum atomic E-state index is 0.400. The lowest BCUT2D eigenvalue weighted by Crippen LogP contribution is -2.23. The number of ether oxygens (including phenoxy) is 2. The molecule has 0 aromatic heterocycles. The maximum atomic E-state index is 5.92. The maximum Gasteiger partial charge on any atom is 0.191 e. The van der Waals surface area contributed by atoms with Gasteiger partial charge in [-0.1, -0.05) is 41.9 Å². The van der Waals surface area contributed by atoms with Crippen molar-refractivity contribution in [2.45, 2.75) is 6.61 Å². The first kappa shape index (κ1) is 20.6. The molecule has 0 aliphatic heterocycles. The zero-order chi connectivity index (χ0) is 20.5. The van der Waals surface area contributed by atoms with E-state index < -0.39 is 0 Å². The van der Waals surface area contributed by atoms with Crippen molar-refractivity contribution >= 4 is 40.8 Å². The van der Waals surface area contributed by atoms with Gasteiger partial charge in [0, 0.05) is 10.7 Å². The predicted octanol–water partition coefficient (Wildman–Crippen LogP) is 5.25. The third kappa shape index (κ3) is 6.48. The summed E-state index contributed by atoms with van der Waals surface area (Å²) in [5.41, 5.74) is 5.54. The summed E-state index contributed by atoms with van der Waals surface area (Å²) < 4.78 is 11.3. The minimum absolute atomic E-state index is 0.400. The summed E-state index contributed by atoms with van der Waals surface area (Å²) in [6, 6.07) is 22.7. The van der Waals surface area contributed by atoms with Gasteiger partial charge in [0.05, 0.1) is 13.3 Å². The van der Waals surface area contributed by atoms with Crippen LogP contribution in [0.15, 0.2) is 77.9 Å². The van der Waals surface area contributed by atoms with Gasteiger partial charge in [-0.25, -0.2) is 0 Å². The number of hydrogen-bond donors (Lipinski definition) is 2. The molecule has 3 aromatic rings. The predicted molar refractivity (Wildman–Crippen MR) is 122 cm³/mol. The van der Waals surface area contributed by atoms with Crippen molar-refractivity contribution < 1.29 is 9.47 Å². The van der Waals surface area contributed by atoms with Crippen LogP contribution in [-0.4, -0.2) is 18.4 Å². The number of anilines is 1. The Morgan fingerprint density at radius 2 is 1.79 bits per heavy atom. The number of methoxy groups -OCH3 is 1. The van der Waals surface area contributed by atoms with Crippen molar-refractivity contribution in [3.05, 3.63) is 88.9 Å². The molecule has 5 nitrogen and oxygen atoms in total. The van der Waals surface area contributed by atoms with Crippen LogP contribution in [0.5, 0.6) is 11.5 Å². The van der Waals surface area contributed by atoms with Gasteiger partial charge in [0.1, 0.15) is 6.61 Å². The number of benzene rings is 3. The highest BCUT2D eigenvalue weighted by atomic mass is 35.5. The fraction of sp³-hybridized carbons (Fsp3) is 0.0909. The molecule has 0 unspecified atom stereocenters. The molecule has 0 heterocycles. The molecule has 7 heteroatoms. The Hall–Kier alpha value is -3.09. The van der Waals surface area contributed by atoms with Crippen LogP contribution in [0.2, 0.25) is 5.02 Å². The smallest absolute Gasteiger partial charge is 0.191 e. The third-order valence-corrected chi connectivity index (χ3v) is 4.35. The molecular formula is C22H20ClN3O2S. The van der Waals surface area contributed by atoms with Crippen molar-refractivity contribution in [2.24, 2.45) is 5.10 Å². The maximum absolute atomic E-state index is 5.92. The van der Waals surface area contributed by atoms with Gasteiger partial charge in [0.2, 0.25) is 0 Å². The van der Waals surface area contributed by atoms with Crippen molar-refractivity contribution in [3.8, 4) is 11.5 Å². The molecule has 0 aliphatic carbocycles. The quantitative estimate of drug-likeness (QED) is 0.307. The Morgan fingerprint density at radius 3 is 2.52 bits per heavy atom. The third-order valence-electron chi connectivity index (χ3n) is 3.91. The van der Waals surface area contributed by atoms with E-state index in [1.807, 2.05) is 72.8 Å². The lowest BCUT2D eigenvalue weighted by atomic mass is 10.2. The summed E-state index contributed by atoms with van der Waals surface area (Å²) in [7, 11) is 1.60. The molecule has 3 rings (SSSR count). The molecule has 148 valence electrons. The van der Waals surface area contributed by atoms with Gasteiger partial charge in [0.15, 0.2) is 16.6 Å². The Balaban J connectivity index is 1.60. The Labute approximate surface area is 180 Å². The number of para-hydroxylation sites is 1.